The smallest absolute Gasteiger partial charge is 0.411 e. The average Bonchev–Trinajstić information content (AvgIpc) is 2.32. The van der Waals surface area contributed by atoms with E-state index in [1.807, 2.05) is 0 Å². The number of amides is 1. The van der Waals surface area contributed by atoms with Crippen LogP contribution in [-0.2, 0) is 18.7 Å². The molecule has 0 fully saturated rings. The van der Waals surface area contributed by atoms with E-state index in [2.05, 4.69) is 39.2 Å². The Morgan fingerprint density at radius 1 is 1.08 bits per heavy atom. The van der Waals surface area contributed by atoms with Gasteiger partial charge in [-0.15, -0.1) is 0 Å². The summed E-state index contributed by atoms with van der Waals surface area (Å²) in [7, 11) is -2.02. The van der Waals surface area contributed by atoms with Gasteiger partial charge in [0, 0.05) is 6.08 Å². The lowest BCUT2D eigenvalue weighted by molar-refractivity contribution is -0.137. The number of hydrogen-bond donors (Lipinski definition) is 1. The summed E-state index contributed by atoms with van der Waals surface area (Å²) in [5, 5.41) is 2.61. The van der Waals surface area contributed by atoms with Gasteiger partial charge in [0.05, 0.1) is 18.9 Å². The number of carbonyl (C=O) groups excluding carboxylic acids is 2. The van der Waals surface area contributed by atoms with Gasteiger partial charge in [0.1, 0.15) is 5.60 Å². The number of carbonyl (C=O) groups is 2. The first-order chi connectivity index (χ1) is 10.7. The van der Waals surface area contributed by atoms with Crippen molar-refractivity contribution >= 4 is 20.4 Å². The number of alkyl carbamates (subject to hydrolysis) is 1. The predicted octanol–water partition coefficient (Wildman–Crippen LogP) is 3.98. The molecule has 0 aromatic rings. The fourth-order valence-electron chi connectivity index (χ4n) is 1.35. The van der Waals surface area contributed by atoms with Crippen LogP contribution in [0.1, 0.15) is 48.5 Å². The van der Waals surface area contributed by atoms with Gasteiger partial charge in [0.15, 0.2) is 8.32 Å². The van der Waals surface area contributed by atoms with E-state index in [9.17, 15) is 9.59 Å². The monoisotopic (exact) mass is 359 g/mol. The first-order valence-corrected chi connectivity index (χ1v) is 11.1. The predicted molar refractivity (Wildman–Crippen MR) is 97.2 cm³/mol. The summed E-state index contributed by atoms with van der Waals surface area (Å²) in [6.07, 6.45) is 0.609. The molecule has 1 N–H and O–H groups in total. The maximum Gasteiger partial charge on any atom is 0.411 e. The van der Waals surface area contributed by atoms with E-state index in [4.69, 9.17) is 13.9 Å². The summed E-state index contributed by atoms with van der Waals surface area (Å²) in [5.74, 6) is -0.526. The highest BCUT2D eigenvalue weighted by molar-refractivity contribution is 6.74. The highest BCUT2D eigenvalue weighted by Crippen LogP contribution is 2.36. The van der Waals surface area contributed by atoms with Gasteiger partial charge in [-0.25, -0.2) is 9.59 Å². The molecule has 0 aromatic heterocycles. The summed E-state index contributed by atoms with van der Waals surface area (Å²) in [6, 6.07) is 0. The molecule has 0 aliphatic carbocycles. The quantitative estimate of drug-likeness (QED) is 0.441. The van der Waals surface area contributed by atoms with Gasteiger partial charge < -0.3 is 13.9 Å². The standard InChI is InChI=1S/C17H33NO5Si/c1-10-21-14(19)11-13(18-15(20)23-16(2,3)4)12-22-24(8,9)17(5,6)7/h11H,10,12H2,1-9H3,(H,18,20)/b13-11-. The lowest BCUT2D eigenvalue weighted by Gasteiger charge is -2.36. The number of nitrogens with one attached hydrogen (secondary N) is 1. The number of ether oxygens (including phenoxy) is 2. The Bertz CT molecular complexity index is 472. The van der Waals surface area contributed by atoms with Crippen molar-refractivity contribution in [3.63, 3.8) is 0 Å². The molecule has 0 bridgehead atoms. The van der Waals surface area contributed by atoms with Crippen molar-refractivity contribution in [1.29, 1.82) is 0 Å². The van der Waals surface area contributed by atoms with Crippen LogP contribution < -0.4 is 5.32 Å². The molecule has 0 rings (SSSR count). The molecular formula is C17H33NO5Si. The molecule has 0 atom stereocenters. The third-order valence-electron chi connectivity index (χ3n) is 3.63. The van der Waals surface area contributed by atoms with E-state index in [1.165, 1.54) is 6.08 Å². The van der Waals surface area contributed by atoms with Crippen molar-refractivity contribution in [2.24, 2.45) is 0 Å². The maximum atomic E-state index is 12.0. The number of hydrogen-bond acceptors (Lipinski definition) is 5. The molecule has 0 radical (unpaired) electrons. The Kier molecular flexibility index (Phi) is 8.18. The van der Waals surface area contributed by atoms with Crippen LogP contribution in [0.15, 0.2) is 11.8 Å². The third kappa shape index (κ3) is 9.07. The molecule has 0 aromatic carbocycles. The molecule has 6 nitrogen and oxygen atoms in total. The fourth-order valence-corrected chi connectivity index (χ4v) is 2.30. The van der Waals surface area contributed by atoms with Crippen LogP contribution >= 0.6 is 0 Å². The minimum absolute atomic E-state index is 0.0218. The molecule has 7 heteroatoms. The molecule has 0 aliphatic heterocycles. The third-order valence-corrected chi connectivity index (χ3v) is 8.11. The van der Waals surface area contributed by atoms with Crippen LogP contribution in [0.4, 0.5) is 4.79 Å². The van der Waals surface area contributed by atoms with Crippen molar-refractivity contribution in [3.05, 3.63) is 11.8 Å². The molecule has 1 amide bonds. The Morgan fingerprint density at radius 3 is 2.04 bits per heavy atom. The fraction of sp³-hybridized carbons (Fsp3) is 0.765. The van der Waals surface area contributed by atoms with E-state index < -0.39 is 26.0 Å². The first kappa shape index (κ1) is 22.7. The second-order valence-corrected chi connectivity index (χ2v) is 12.9. The summed E-state index contributed by atoms with van der Waals surface area (Å²) in [4.78, 5) is 23.7. The average molecular weight is 360 g/mol. The van der Waals surface area contributed by atoms with Crippen molar-refractivity contribution in [2.45, 2.75) is 72.2 Å². The molecular weight excluding hydrogens is 326 g/mol. The largest absolute Gasteiger partial charge is 0.463 e. The van der Waals surface area contributed by atoms with Gasteiger partial charge in [-0.05, 0) is 45.8 Å². The van der Waals surface area contributed by atoms with E-state index in [1.54, 1.807) is 27.7 Å². The van der Waals surface area contributed by atoms with Gasteiger partial charge in [0.25, 0.3) is 0 Å². The zero-order valence-corrected chi connectivity index (χ0v) is 17.5. The van der Waals surface area contributed by atoms with Gasteiger partial charge in [0.2, 0.25) is 0 Å². The molecule has 24 heavy (non-hydrogen) atoms. The minimum Gasteiger partial charge on any atom is -0.463 e. The van der Waals surface area contributed by atoms with Crippen molar-refractivity contribution in [1.82, 2.24) is 5.32 Å². The number of rotatable bonds is 6. The van der Waals surface area contributed by atoms with E-state index in [0.717, 1.165) is 0 Å². The summed E-state index contributed by atoms with van der Waals surface area (Å²) < 4.78 is 16.2. The van der Waals surface area contributed by atoms with Gasteiger partial charge >= 0.3 is 12.1 Å². The highest BCUT2D eigenvalue weighted by Gasteiger charge is 2.37. The Balaban J connectivity index is 5.09. The van der Waals surface area contributed by atoms with Crippen LogP contribution in [-0.4, -0.2) is 39.2 Å². The molecule has 0 aliphatic rings. The van der Waals surface area contributed by atoms with Gasteiger partial charge in [-0.2, -0.15) is 0 Å². The zero-order chi connectivity index (χ0) is 19.2. The Morgan fingerprint density at radius 2 is 1.62 bits per heavy atom. The van der Waals surface area contributed by atoms with Crippen molar-refractivity contribution in [3.8, 4) is 0 Å². The van der Waals surface area contributed by atoms with Crippen LogP contribution in [0.25, 0.3) is 0 Å². The Labute approximate surface area is 147 Å². The highest BCUT2D eigenvalue weighted by atomic mass is 28.4. The molecule has 0 saturated carbocycles. The zero-order valence-electron chi connectivity index (χ0n) is 16.5. The lowest BCUT2D eigenvalue weighted by atomic mass is 10.2. The second kappa shape index (κ2) is 8.67. The topological polar surface area (TPSA) is 73.9 Å². The lowest BCUT2D eigenvalue weighted by Crippen LogP contribution is -2.42. The molecule has 0 spiro atoms. The SMILES string of the molecule is CCOC(=O)/C=C(/CO[Si](C)(C)C(C)(C)C)NC(=O)OC(C)(C)C. The molecule has 0 unspecified atom stereocenters. The summed E-state index contributed by atoms with van der Waals surface area (Å²) in [5.41, 5.74) is -0.299. The maximum absolute atomic E-state index is 12.0. The second-order valence-electron chi connectivity index (χ2n) is 8.10. The minimum atomic E-state index is -2.02. The van der Waals surface area contributed by atoms with Crippen molar-refractivity contribution < 1.29 is 23.5 Å². The van der Waals surface area contributed by atoms with Crippen LogP contribution in [0.3, 0.4) is 0 Å². The summed E-state index contributed by atoms with van der Waals surface area (Å²) in [6.45, 7) is 18.0. The van der Waals surface area contributed by atoms with Crippen LogP contribution in [0, 0.1) is 0 Å². The number of esters is 1. The van der Waals surface area contributed by atoms with Gasteiger partial charge in [-0.1, -0.05) is 20.8 Å². The molecule has 140 valence electrons. The Hall–Kier alpha value is -1.34. The summed E-state index contributed by atoms with van der Waals surface area (Å²) >= 11 is 0. The normalized spacial score (nSPS) is 13.5. The molecule has 0 heterocycles. The van der Waals surface area contributed by atoms with E-state index >= 15 is 0 Å². The van der Waals surface area contributed by atoms with Crippen LogP contribution in [0.5, 0.6) is 0 Å². The van der Waals surface area contributed by atoms with Crippen LogP contribution in [0.2, 0.25) is 18.1 Å². The van der Waals surface area contributed by atoms with E-state index in [0.29, 0.717) is 5.70 Å². The van der Waals surface area contributed by atoms with Gasteiger partial charge in [-0.3, -0.25) is 5.32 Å². The first-order valence-electron chi connectivity index (χ1n) is 8.19. The van der Waals surface area contributed by atoms with Crippen molar-refractivity contribution in [2.75, 3.05) is 13.2 Å². The van der Waals surface area contributed by atoms with E-state index in [-0.39, 0.29) is 18.3 Å². The molecule has 0 saturated heterocycles.